The molecule has 0 aliphatic heterocycles. The smallest absolute Gasteiger partial charge is 0.254 e. The summed E-state index contributed by atoms with van der Waals surface area (Å²) in [5.74, 6) is 0.689. The molecule has 4 heteroatoms. The predicted octanol–water partition coefficient (Wildman–Crippen LogP) is 2.94. The van der Waals surface area contributed by atoms with Crippen LogP contribution in [0.15, 0.2) is 24.3 Å². The Labute approximate surface area is 111 Å². The third-order valence-electron chi connectivity index (χ3n) is 2.86. The van der Waals surface area contributed by atoms with Crippen molar-refractivity contribution in [2.24, 2.45) is 0 Å². The minimum Gasteiger partial charge on any atom is -0.497 e. The lowest BCUT2D eigenvalue weighted by Crippen LogP contribution is -2.46. The van der Waals surface area contributed by atoms with E-state index in [1.165, 1.54) is 0 Å². The Morgan fingerprint density at radius 1 is 1.47 bits per heavy atom. The van der Waals surface area contributed by atoms with Gasteiger partial charge in [-0.25, -0.2) is 0 Å². The Balaban J connectivity index is 2.96. The van der Waals surface area contributed by atoms with Gasteiger partial charge in [-0.15, -0.1) is 0 Å². The lowest BCUT2D eigenvalue weighted by atomic mass is 10.0. The zero-order valence-electron chi connectivity index (χ0n) is 10.7. The van der Waals surface area contributed by atoms with Gasteiger partial charge >= 0.3 is 0 Å². The summed E-state index contributed by atoms with van der Waals surface area (Å²) in [6.07, 6.45) is 0. The fourth-order valence-electron chi connectivity index (χ4n) is 1.31. The van der Waals surface area contributed by atoms with Crippen molar-refractivity contribution < 1.29 is 9.53 Å². The molecule has 0 heterocycles. The van der Waals surface area contributed by atoms with E-state index in [9.17, 15) is 4.79 Å². The molecule has 0 aliphatic carbocycles. The largest absolute Gasteiger partial charge is 0.497 e. The number of methoxy groups -OCH3 is 1. The van der Waals surface area contributed by atoms with Crippen molar-refractivity contribution >= 4 is 21.8 Å². The minimum absolute atomic E-state index is 0.00616. The summed E-state index contributed by atoms with van der Waals surface area (Å²) < 4.78 is 5.12. The minimum atomic E-state index is -0.222. The van der Waals surface area contributed by atoms with E-state index in [-0.39, 0.29) is 11.4 Å². The topological polar surface area (TPSA) is 29.5 Å². The molecule has 0 unspecified atom stereocenters. The normalized spacial score (nSPS) is 11.1. The molecule has 0 aliphatic rings. The molecule has 17 heavy (non-hydrogen) atoms. The van der Waals surface area contributed by atoms with Crippen LogP contribution in [0.3, 0.4) is 0 Å². The van der Waals surface area contributed by atoms with Crippen LogP contribution in [-0.4, -0.2) is 35.8 Å². The Morgan fingerprint density at radius 3 is 2.65 bits per heavy atom. The molecule has 0 fully saturated rings. The first kappa shape index (κ1) is 14.0. The van der Waals surface area contributed by atoms with Crippen LogP contribution in [0.2, 0.25) is 0 Å². The summed E-state index contributed by atoms with van der Waals surface area (Å²) in [5.41, 5.74) is 0.418. The van der Waals surface area contributed by atoms with Crippen molar-refractivity contribution in [3.8, 4) is 5.75 Å². The predicted molar refractivity (Wildman–Crippen MR) is 73.0 cm³/mol. The lowest BCUT2D eigenvalue weighted by Gasteiger charge is -2.34. The van der Waals surface area contributed by atoms with E-state index in [1.54, 1.807) is 24.1 Å². The van der Waals surface area contributed by atoms with Gasteiger partial charge < -0.3 is 9.64 Å². The number of nitrogens with zero attached hydrogens (tertiary/aromatic N) is 1. The summed E-state index contributed by atoms with van der Waals surface area (Å²) in [5, 5.41) is 0.728. The van der Waals surface area contributed by atoms with Crippen molar-refractivity contribution in [1.82, 2.24) is 4.90 Å². The number of alkyl halides is 1. The van der Waals surface area contributed by atoms with Crippen LogP contribution < -0.4 is 4.74 Å². The van der Waals surface area contributed by atoms with E-state index in [2.05, 4.69) is 15.9 Å². The molecule has 0 saturated carbocycles. The monoisotopic (exact) mass is 299 g/mol. The van der Waals surface area contributed by atoms with Gasteiger partial charge in [-0.1, -0.05) is 22.0 Å². The number of rotatable bonds is 4. The standard InChI is InChI=1S/C13H18BrNO2/c1-13(2,9-14)15(3)12(16)10-6-5-7-11(8-10)17-4/h5-8H,9H2,1-4H3. The molecule has 1 amide bonds. The molecule has 0 aromatic heterocycles. The van der Waals surface area contributed by atoms with Crippen LogP contribution in [0, 0.1) is 0 Å². The third-order valence-corrected chi connectivity index (χ3v) is 4.23. The number of benzene rings is 1. The van der Waals surface area contributed by atoms with Crippen molar-refractivity contribution in [3.05, 3.63) is 29.8 Å². The molecular weight excluding hydrogens is 282 g/mol. The second-order valence-corrected chi connectivity index (χ2v) is 5.10. The van der Waals surface area contributed by atoms with Gasteiger partial charge in [0.2, 0.25) is 0 Å². The highest BCUT2D eigenvalue weighted by molar-refractivity contribution is 9.09. The van der Waals surface area contributed by atoms with Crippen LogP contribution in [0.4, 0.5) is 0 Å². The van der Waals surface area contributed by atoms with Crippen LogP contribution >= 0.6 is 15.9 Å². The Bertz CT molecular complexity index is 404. The number of hydrogen-bond acceptors (Lipinski definition) is 2. The van der Waals surface area contributed by atoms with Crippen LogP contribution in [0.1, 0.15) is 24.2 Å². The fraction of sp³-hybridized carbons (Fsp3) is 0.462. The Hall–Kier alpha value is -1.03. The summed E-state index contributed by atoms with van der Waals surface area (Å²) in [4.78, 5) is 14.0. The molecule has 0 radical (unpaired) electrons. The van der Waals surface area contributed by atoms with Crippen LogP contribution in [-0.2, 0) is 0 Å². The van der Waals surface area contributed by atoms with Gasteiger partial charge in [0.1, 0.15) is 5.75 Å². The fourth-order valence-corrected chi connectivity index (χ4v) is 1.69. The molecular formula is C13H18BrNO2. The van der Waals surface area contributed by atoms with Crippen molar-refractivity contribution in [2.75, 3.05) is 19.5 Å². The molecule has 0 N–H and O–H groups in total. The van der Waals surface area contributed by atoms with Gasteiger partial charge in [-0.05, 0) is 32.0 Å². The first-order valence-electron chi connectivity index (χ1n) is 5.40. The average Bonchev–Trinajstić information content (AvgIpc) is 2.37. The molecule has 1 rings (SSSR count). The second kappa shape index (κ2) is 5.54. The van der Waals surface area contributed by atoms with E-state index in [1.807, 2.05) is 33.0 Å². The first-order valence-corrected chi connectivity index (χ1v) is 6.52. The quantitative estimate of drug-likeness (QED) is 0.800. The Morgan fingerprint density at radius 2 is 2.12 bits per heavy atom. The summed E-state index contributed by atoms with van der Waals surface area (Å²) >= 11 is 3.42. The van der Waals surface area contributed by atoms with Crippen LogP contribution in [0.5, 0.6) is 5.75 Å². The Kier molecular flexibility index (Phi) is 4.57. The summed E-state index contributed by atoms with van der Waals surface area (Å²) in [6.45, 7) is 4.03. The lowest BCUT2D eigenvalue weighted by molar-refractivity contribution is 0.0663. The molecule has 3 nitrogen and oxygen atoms in total. The zero-order chi connectivity index (χ0) is 13.1. The van der Waals surface area contributed by atoms with E-state index in [0.29, 0.717) is 11.3 Å². The number of hydrogen-bond donors (Lipinski definition) is 0. The van der Waals surface area contributed by atoms with Crippen LogP contribution in [0.25, 0.3) is 0 Å². The maximum Gasteiger partial charge on any atom is 0.254 e. The molecule has 1 aromatic rings. The maximum absolute atomic E-state index is 12.3. The highest BCUT2D eigenvalue weighted by Crippen LogP contribution is 2.20. The van der Waals surface area contributed by atoms with Gasteiger partial charge in [-0.2, -0.15) is 0 Å². The van der Waals surface area contributed by atoms with Gasteiger partial charge in [-0.3, -0.25) is 4.79 Å². The first-order chi connectivity index (χ1) is 7.92. The highest BCUT2D eigenvalue weighted by Gasteiger charge is 2.27. The van der Waals surface area contributed by atoms with Crippen molar-refractivity contribution in [3.63, 3.8) is 0 Å². The molecule has 0 saturated heterocycles. The molecule has 1 aromatic carbocycles. The van der Waals surface area contributed by atoms with Crippen molar-refractivity contribution in [1.29, 1.82) is 0 Å². The summed E-state index contributed by atoms with van der Waals surface area (Å²) in [6, 6.07) is 7.20. The molecule has 0 atom stereocenters. The average molecular weight is 300 g/mol. The van der Waals surface area contributed by atoms with Crippen molar-refractivity contribution in [2.45, 2.75) is 19.4 Å². The summed E-state index contributed by atoms with van der Waals surface area (Å²) in [7, 11) is 3.40. The van der Waals surface area contributed by atoms with Gasteiger partial charge in [0.25, 0.3) is 5.91 Å². The second-order valence-electron chi connectivity index (χ2n) is 4.54. The SMILES string of the molecule is COc1cccc(C(=O)N(C)C(C)(C)CBr)c1. The van der Waals surface area contributed by atoms with E-state index in [4.69, 9.17) is 4.74 Å². The maximum atomic E-state index is 12.3. The third kappa shape index (κ3) is 3.22. The molecule has 0 bridgehead atoms. The number of carbonyl (C=O) groups excluding carboxylic acids is 1. The van der Waals surface area contributed by atoms with E-state index < -0.39 is 0 Å². The van der Waals surface area contributed by atoms with E-state index in [0.717, 1.165) is 5.33 Å². The highest BCUT2D eigenvalue weighted by atomic mass is 79.9. The molecule has 0 spiro atoms. The van der Waals surface area contributed by atoms with Gasteiger partial charge in [0, 0.05) is 23.5 Å². The molecule has 94 valence electrons. The van der Waals surface area contributed by atoms with Gasteiger partial charge in [0.15, 0.2) is 0 Å². The number of amides is 1. The number of halogens is 1. The van der Waals surface area contributed by atoms with Gasteiger partial charge in [0.05, 0.1) is 7.11 Å². The number of ether oxygens (including phenoxy) is 1. The zero-order valence-corrected chi connectivity index (χ0v) is 12.2. The number of carbonyl (C=O) groups is 1. The van der Waals surface area contributed by atoms with E-state index >= 15 is 0 Å².